The number of nitrogens with one attached hydrogen (secondary N) is 2. The number of hydrogen-bond donors (Lipinski definition) is 2. The van der Waals surface area contributed by atoms with Gasteiger partial charge in [-0.25, -0.2) is 9.97 Å². The van der Waals surface area contributed by atoms with Crippen molar-refractivity contribution >= 4 is 16.9 Å². The molecule has 0 amide bonds. The van der Waals surface area contributed by atoms with Gasteiger partial charge in [-0.15, -0.1) is 0 Å². The number of benzene rings is 1. The van der Waals surface area contributed by atoms with Crippen molar-refractivity contribution in [3.05, 3.63) is 52.3 Å². The quantitative estimate of drug-likeness (QED) is 0.775. The fourth-order valence-corrected chi connectivity index (χ4v) is 2.61. The zero-order chi connectivity index (χ0) is 15.1. The third kappa shape index (κ3) is 2.36. The summed E-state index contributed by atoms with van der Waals surface area (Å²) in [5, 5.41) is 3.09. The summed E-state index contributed by atoms with van der Waals surface area (Å²) >= 11 is 0. The smallest absolute Gasteiger partial charge is 0.293 e. The molecular weight excluding hydrogens is 278 g/mol. The number of aryl methyl sites for hydroxylation is 1. The molecule has 4 rings (SSSR count). The van der Waals surface area contributed by atoms with Gasteiger partial charge in [0.25, 0.3) is 5.56 Å². The van der Waals surface area contributed by atoms with Gasteiger partial charge in [-0.2, -0.15) is 0 Å². The predicted octanol–water partition coefficient (Wildman–Crippen LogP) is 2.38. The first-order chi connectivity index (χ1) is 10.7. The van der Waals surface area contributed by atoms with E-state index in [-0.39, 0.29) is 5.56 Å². The lowest BCUT2D eigenvalue weighted by Gasteiger charge is -2.06. The first-order valence-electron chi connectivity index (χ1n) is 7.47. The average molecular weight is 295 g/mol. The second-order valence-corrected chi connectivity index (χ2v) is 5.78. The van der Waals surface area contributed by atoms with Crippen LogP contribution in [0.2, 0.25) is 0 Å². The first kappa shape index (κ1) is 13.1. The normalized spacial score (nSPS) is 14.4. The van der Waals surface area contributed by atoms with Crippen molar-refractivity contribution in [1.82, 2.24) is 19.5 Å². The van der Waals surface area contributed by atoms with Gasteiger partial charge in [-0.3, -0.25) is 4.79 Å². The molecule has 0 unspecified atom stereocenters. The van der Waals surface area contributed by atoms with Crippen molar-refractivity contribution in [2.75, 3.05) is 5.32 Å². The maximum Gasteiger partial charge on any atom is 0.293 e. The molecule has 0 spiro atoms. The number of imidazole rings is 1. The summed E-state index contributed by atoms with van der Waals surface area (Å²) in [6, 6.07) is 6.44. The van der Waals surface area contributed by atoms with Gasteiger partial charge in [0.05, 0.1) is 17.6 Å². The molecule has 1 saturated carbocycles. The number of anilines is 1. The summed E-state index contributed by atoms with van der Waals surface area (Å²) < 4.78 is 1.76. The zero-order valence-corrected chi connectivity index (χ0v) is 12.3. The number of nitrogens with zero attached hydrogens (tertiary/aromatic N) is 3. The predicted molar refractivity (Wildman–Crippen MR) is 84.9 cm³/mol. The molecule has 0 atom stereocenters. The van der Waals surface area contributed by atoms with E-state index in [0.29, 0.717) is 18.4 Å². The minimum Gasteiger partial charge on any atom is -0.358 e. The Morgan fingerprint density at radius 3 is 3.09 bits per heavy atom. The molecule has 6 heteroatoms. The van der Waals surface area contributed by atoms with E-state index in [4.69, 9.17) is 0 Å². The van der Waals surface area contributed by atoms with Crippen molar-refractivity contribution in [1.29, 1.82) is 0 Å². The van der Waals surface area contributed by atoms with Crippen molar-refractivity contribution in [3.8, 4) is 0 Å². The minimum absolute atomic E-state index is 0.0584. The molecule has 1 aliphatic carbocycles. The maximum absolute atomic E-state index is 12.3. The Bertz CT molecular complexity index is 891. The van der Waals surface area contributed by atoms with Crippen LogP contribution >= 0.6 is 0 Å². The van der Waals surface area contributed by atoms with E-state index in [1.807, 2.05) is 19.1 Å². The lowest BCUT2D eigenvalue weighted by Crippen LogP contribution is -2.23. The molecule has 22 heavy (non-hydrogen) atoms. The van der Waals surface area contributed by atoms with Crippen LogP contribution in [0.25, 0.3) is 11.0 Å². The summed E-state index contributed by atoms with van der Waals surface area (Å²) in [7, 11) is 0. The molecule has 2 heterocycles. The fraction of sp³-hybridized carbons (Fsp3) is 0.312. The lowest BCUT2D eigenvalue weighted by molar-refractivity contribution is 0.699. The SMILES string of the molecule is Cc1ccc2nc(CNc3nccn(C4CC4)c3=O)[nH]c2c1. The van der Waals surface area contributed by atoms with E-state index in [2.05, 4.69) is 26.3 Å². The van der Waals surface area contributed by atoms with Crippen molar-refractivity contribution in [3.63, 3.8) is 0 Å². The summed E-state index contributed by atoms with van der Waals surface area (Å²) in [4.78, 5) is 24.2. The van der Waals surface area contributed by atoms with Crippen LogP contribution in [0.4, 0.5) is 5.82 Å². The molecule has 0 bridgehead atoms. The standard InChI is InChI=1S/C16H17N5O/c1-10-2-5-12-13(8-10)20-14(19-12)9-18-15-16(22)21(7-6-17-15)11-3-4-11/h2,5-8,11H,3-4,9H2,1H3,(H,17,18)(H,19,20). The molecule has 0 saturated heterocycles. The zero-order valence-electron chi connectivity index (χ0n) is 12.3. The second kappa shape index (κ2) is 4.98. The van der Waals surface area contributed by atoms with E-state index in [1.165, 1.54) is 5.56 Å². The molecule has 0 aliphatic heterocycles. The topological polar surface area (TPSA) is 75.6 Å². The Labute approximate surface area is 127 Å². The highest BCUT2D eigenvalue weighted by molar-refractivity contribution is 5.75. The number of hydrogen-bond acceptors (Lipinski definition) is 4. The summed E-state index contributed by atoms with van der Waals surface area (Å²) in [6.07, 6.45) is 5.58. The fourth-order valence-electron chi connectivity index (χ4n) is 2.61. The molecule has 2 N–H and O–H groups in total. The van der Waals surface area contributed by atoms with Gasteiger partial charge in [0.15, 0.2) is 5.82 Å². The summed E-state index contributed by atoms with van der Waals surface area (Å²) in [5.74, 6) is 1.18. The minimum atomic E-state index is -0.0584. The van der Waals surface area contributed by atoms with Gasteiger partial charge < -0.3 is 14.9 Å². The molecule has 1 fully saturated rings. The van der Waals surface area contributed by atoms with Crippen LogP contribution < -0.4 is 10.9 Å². The number of aromatic amines is 1. The van der Waals surface area contributed by atoms with Gasteiger partial charge in [-0.05, 0) is 37.5 Å². The Morgan fingerprint density at radius 2 is 2.27 bits per heavy atom. The van der Waals surface area contributed by atoms with Crippen molar-refractivity contribution in [2.24, 2.45) is 0 Å². The van der Waals surface area contributed by atoms with Crippen molar-refractivity contribution < 1.29 is 0 Å². The molecular formula is C16H17N5O. The van der Waals surface area contributed by atoms with Crippen LogP contribution in [0.15, 0.2) is 35.4 Å². The Kier molecular flexibility index (Phi) is 2.96. The molecule has 112 valence electrons. The van der Waals surface area contributed by atoms with E-state index in [0.717, 1.165) is 29.7 Å². The van der Waals surface area contributed by atoms with Crippen LogP contribution in [-0.4, -0.2) is 19.5 Å². The number of rotatable bonds is 4. The summed E-state index contributed by atoms with van der Waals surface area (Å²) in [6.45, 7) is 2.50. The van der Waals surface area contributed by atoms with Crippen LogP contribution in [-0.2, 0) is 6.54 Å². The average Bonchev–Trinajstić information content (AvgIpc) is 3.26. The Balaban J connectivity index is 1.56. The Hall–Kier alpha value is -2.63. The molecule has 3 aromatic rings. The van der Waals surface area contributed by atoms with Crippen LogP contribution in [0.5, 0.6) is 0 Å². The number of fused-ring (bicyclic) bond motifs is 1. The van der Waals surface area contributed by atoms with Crippen LogP contribution in [0.3, 0.4) is 0 Å². The van der Waals surface area contributed by atoms with E-state index < -0.39 is 0 Å². The molecule has 1 aliphatic rings. The maximum atomic E-state index is 12.3. The van der Waals surface area contributed by atoms with Crippen LogP contribution in [0, 0.1) is 6.92 Å². The van der Waals surface area contributed by atoms with Gasteiger partial charge >= 0.3 is 0 Å². The largest absolute Gasteiger partial charge is 0.358 e. The van der Waals surface area contributed by atoms with E-state index in [9.17, 15) is 4.79 Å². The molecule has 6 nitrogen and oxygen atoms in total. The second-order valence-electron chi connectivity index (χ2n) is 5.78. The summed E-state index contributed by atoms with van der Waals surface area (Å²) in [5.41, 5.74) is 3.07. The lowest BCUT2D eigenvalue weighted by atomic mass is 10.2. The van der Waals surface area contributed by atoms with Crippen molar-refractivity contribution in [2.45, 2.75) is 32.4 Å². The van der Waals surface area contributed by atoms with E-state index >= 15 is 0 Å². The third-order valence-corrected chi connectivity index (χ3v) is 3.92. The number of H-pyrrole nitrogens is 1. The number of aromatic nitrogens is 4. The van der Waals surface area contributed by atoms with Gasteiger partial charge in [0, 0.05) is 18.4 Å². The molecule has 1 aromatic carbocycles. The monoisotopic (exact) mass is 295 g/mol. The highest BCUT2D eigenvalue weighted by atomic mass is 16.1. The third-order valence-electron chi connectivity index (χ3n) is 3.92. The first-order valence-corrected chi connectivity index (χ1v) is 7.47. The van der Waals surface area contributed by atoms with E-state index in [1.54, 1.807) is 17.0 Å². The van der Waals surface area contributed by atoms with Crippen LogP contribution in [0.1, 0.15) is 30.3 Å². The highest BCUT2D eigenvalue weighted by Crippen LogP contribution is 2.33. The molecule has 2 aromatic heterocycles. The van der Waals surface area contributed by atoms with Gasteiger partial charge in [-0.1, -0.05) is 6.07 Å². The molecule has 0 radical (unpaired) electrons. The van der Waals surface area contributed by atoms with Gasteiger partial charge in [0.1, 0.15) is 5.82 Å². The highest BCUT2D eigenvalue weighted by Gasteiger charge is 2.25. The van der Waals surface area contributed by atoms with Gasteiger partial charge in [0.2, 0.25) is 0 Å². The Morgan fingerprint density at radius 1 is 1.41 bits per heavy atom.